The molecule has 1 aliphatic heterocycles. The SMILES string of the molecule is Cc1cc(O)ccc1NC1CC(=O)N(C)c2ccccc21. The van der Waals surface area contributed by atoms with E-state index in [1.165, 1.54) is 0 Å². The second-order valence-electron chi connectivity index (χ2n) is 5.41. The average Bonchev–Trinajstić information content (AvgIpc) is 2.47. The van der Waals surface area contributed by atoms with Crippen molar-refractivity contribution in [3.05, 3.63) is 53.6 Å². The van der Waals surface area contributed by atoms with Crippen LogP contribution in [0, 0.1) is 6.92 Å². The van der Waals surface area contributed by atoms with Crippen LogP contribution in [-0.2, 0) is 4.79 Å². The van der Waals surface area contributed by atoms with Crippen LogP contribution in [0.5, 0.6) is 5.75 Å². The molecule has 3 rings (SSSR count). The number of fused-ring (bicyclic) bond motifs is 1. The van der Waals surface area contributed by atoms with Crippen LogP contribution in [-0.4, -0.2) is 18.1 Å². The van der Waals surface area contributed by atoms with Gasteiger partial charge >= 0.3 is 0 Å². The predicted octanol–water partition coefficient (Wildman–Crippen LogP) is 3.22. The maximum Gasteiger partial charge on any atom is 0.229 e. The molecule has 0 saturated carbocycles. The van der Waals surface area contributed by atoms with E-state index in [1.54, 1.807) is 17.0 Å². The van der Waals surface area contributed by atoms with Crippen molar-refractivity contribution >= 4 is 17.3 Å². The largest absolute Gasteiger partial charge is 0.508 e. The van der Waals surface area contributed by atoms with Gasteiger partial charge in [-0.2, -0.15) is 0 Å². The van der Waals surface area contributed by atoms with Gasteiger partial charge in [-0.25, -0.2) is 0 Å². The maximum absolute atomic E-state index is 12.1. The highest BCUT2D eigenvalue weighted by Gasteiger charge is 2.28. The monoisotopic (exact) mass is 282 g/mol. The lowest BCUT2D eigenvalue weighted by molar-refractivity contribution is -0.118. The molecular formula is C17H18N2O2. The third-order valence-corrected chi connectivity index (χ3v) is 3.97. The molecule has 2 N–H and O–H groups in total. The molecule has 2 aromatic carbocycles. The number of amides is 1. The Hall–Kier alpha value is -2.49. The molecule has 0 bridgehead atoms. The molecular weight excluding hydrogens is 264 g/mol. The van der Waals surface area contributed by atoms with Crippen molar-refractivity contribution in [3.63, 3.8) is 0 Å². The quantitative estimate of drug-likeness (QED) is 0.832. The molecule has 1 unspecified atom stereocenters. The third kappa shape index (κ3) is 2.44. The van der Waals surface area contributed by atoms with Gasteiger partial charge < -0.3 is 15.3 Å². The molecule has 1 amide bonds. The summed E-state index contributed by atoms with van der Waals surface area (Å²) in [6.45, 7) is 1.94. The van der Waals surface area contributed by atoms with E-state index >= 15 is 0 Å². The fourth-order valence-electron chi connectivity index (χ4n) is 2.77. The number of aryl methyl sites for hydroxylation is 1. The minimum absolute atomic E-state index is 0.0480. The van der Waals surface area contributed by atoms with Crippen LogP contribution < -0.4 is 10.2 Å². The number of phenolic OH excluding ortho intramolecular Hbond substituents is 1. The first kappa shape index (κ1) is 13.5. The molecule has 0 aromatic heterocycles. The highest BCUT2D eigenvalue weighted by atomic mass is 16.3. The van der Waals surface area contributed by atoms with E-state index in [-0.39, 0.29) is 17.7 Å². The fourth-order valence-corrected chi connectivity index (χ4v) is 2.77. The Kier molecular flexibility index (Phi) is 3.29. The van der Waals surface area contributed by atoms with Crippen LogP contribution >= 0.6 is 0 Å². The lowest BCUT2D eigenvalue weighted by Gasteiger charge is -2.32. The standard InChI is InChI=1S/C17H18N2O2/c1-11-9-12(20)7-8-14(11)18-15-10-17(21)19(2)16-6-4-3-5-13(15)16/h3-9,15,18,20H,10H2,1-2H3. The minimum atomic E-state index is -0.0480. The maximum atomic E-state index is 12.1. The third-order valence-electron chi connectivity index (χ3n) is 3.97. The van der Waals surface area contributed by atoms with Crippen LogP contribution in [0.3, 0.4) is 0 Å². The van der Waals surface area contributed by atoms with E-state index in [0.29, 0.717) is 6.42 Å². The molecule has 1 heterocycles. The second kappa shape index (κ2) is 5.13. The van der Waals surface area contributed by atoms with Gasteiger partial charge in [-0.1, -0.05) is 18.2 Å². The zero-order chi connectivity index (χ0) is 15.0. The summed E-state index contributed by atoms with van der Waals surface area (Å²) in [7, 11) is 1.81. The Labute approximate surface area is 124 Å². The van der Waals surface area contributed by atoms with Gasteiger partial charge in [-0.15, -0.1) is 0 Å². The predicted molar refractivity (Wildman–Crippen MR) is 83.7 cm³/mol. The molecule has 21 heavy (non-hydrogen) atoms. The summed E-state index contributed by atoms with van der Waals surface area (Å²) >= 11 is 0. The Balaban J connectivity index is 1.96. The average molecular weight is 282 g/mol. The van der Waals surface area contributed by atoms with Crippen molar-refractivity contribution in [2.24, 2.45) is 0 Å². The number of phenols is 1. The number of aromatic hydroxyl groups is 1. The molecule has 0 aliphatic carbocycles. The van der Waals surface area contributed by atoms with E-state index in [4.69, 9.17) is 0 Å². The zero-order valence-corrected chi connectivity index (χ0v) is 12.1. The van der Waals surface area contributed by atoms with Gasteiger partial charge in [0.1, 0.15) is 5.75 Å². The Morgan fingerprint density at radius 2 is 2.00 bits per heavy atom. The summed E-state index contributed by atoms with van der Waals surface area (Å²) in [6.07, 6.45) is 0.424. The number of nitrogens with zero attached hydrogens (tertiary/aromatic N) is 1. The first-order valence-electron chi connectivity index (χ1n) is 6.98. The number of para-hydroxylation sites is 1. The van der Waals surface area contributed by atoms with Crippen molar-refractivity contribution in [2.45, 2.75) is 19.4 Å². The molecule has 1 atom stereocenters. The van der Waals surface area contributed by atoms with Gasteiger partial charge in [0.15, 0.2) is 0 Å². The van der Waals surface area contributed by atoms with Gasteiger partial charge in [0.25, 0.3) is 0 Å². The van der Waals surface area contributed by atoms with Crippen molar-refractivity contribution in [3.8, 4) is 5.75 Å². The first-order valence-corrected chi connectivity index (χ1v) is 6.98. The summed E-state index contributed by atoms with van der Waals surface area (Å²) in [5, 5.41) is 12.9. The number of benzene rings is 2. The van der Waals surface area contributed by atoms with Gasteiger partial charge in [-0.3, -0.25) is 4.79 Å². The van der Waals surface area contributed by atoms with E-state index < -0.39 is 0 Å². The van der Waals surface area contributed by atoms with Crippen LogP contribution in [0.25, 0.3) is 0 Å². The lowest BCUT2D eigenvalue weighted by atomic mass is 9.95. The number of carbonyl (C=O) groups excluding carboxylic acids is 1. The molecule has 108 valence electrons. The minimum Gasteiger partial charge on any atom is -0.508 e. The van der Waals surface area contributed by atoms with Gasteiger partial charge in [0.2, 0.25) is 5.91 Å². The van der Waals surface area contributed by atoms with Crippen LogP contribution in [0.1, 0.15) is 23.6 Å². The van der Waals surface area contributed by atoms with E-state index in [2.05, 4.69) is 5.32 Å². The fraction of sp³-hybridized carbons (Fsp3) is 0.235. The molecule has 0 saturated heterocycles. The van der Waals surface area contributed by atoms with Crippen LogP contribution in [0.2, 0.25) is 0 Å². The normalized spacial score (nSPS) is 17.5. The van der Waals surface area contributed by atoms with Crippen LogP contribution in [0.4, 0.5) is 11.4 Å². The van der Waals surface area contributed by atoms with Gasteiger partial charge in [-0.05, 0) is 42.3 Å². The summed E-state index contributed by atoms with van der Waals surface area (Å²) in [5.41, 5.74) is 3.96. The molecule has 1 aliphatic rings. The summed E-state index contributed by atoms with van der Waals surface area (Å²) in [6, 6.07) is 13.1. The number of hydrogen-bond acceptors (Lipinski definition) is 3. The summed E-state index contributed by atoms with van der Waals surface area (Å²) in [5.74, 6) is 0.348. The highest BCUT2D eigenvalue weighted by molar-refractivity contribution is 5.97. The van der Waals surface area contributed by atoms with Crippen molar-refractivity contribution in [1.29, 1.82) is 0 Å². The number of hydrogen-bond donors (Lipinski definition) is 2. The number of carbonyl (C=O) groups is 1. The second-order valence-corrected chi connectivity index (χ2v) is 5.41. The van der Waals surface area contributed by atoms with Gasteiger partial charge in [0.05, 0.1) is 12.5 Å². The Bertz CT molecular complexity index is 697. The van der Waals surface area contributed by atoms with Gasteiger partial charge in [0, 0.05) is 18.4 Å². The lowest BCUT2D eigenvalue weighted by Crippen LogP contribution is -2.35. The first-order chi connectivity index (χ1) is 10.1. The smallest absolute Gasteiger partial charge is 0.229 e. The summed E-state index contributed by atoms with van der Waals surface area (Å²) < 4.78 is 0. The van der Waals surface area contributed by atoms with E-state index in [1.807, 2.05) is 44.3 Å². The Morgan fingerprint density at radius 3 is 2.76 bits per heavy atom. The van der Waals surface area contributed by atoms with Crippen molar-refractivity contribution in [2.75, 3.05) is 17.3 Å². The molecule has 0 spiro atoms. The molecule has 4 heteroatoms. The molecule has 2 aromatic rings. The van der Waals surface area contributed by atoms with E-state index in [0.717, 1.165) is 22.5 Å². The van der Waals surface area contributed by atoms with Crippen molar-refractivity contribution in [1.82, 2.24) is 0 Å². The zero-order valence-electron chi connectivity index (χ0n) is 12.1. The molecule has 4 nitrogen and oxygen atoms in total. The summed E-state index contributed by atoms with van der Waals surface area (Å²) in [4.78, 5) is 13.8. The Morgan fingerprint density at radius 1 is 1.24 bits per heavy atom. The topological polar surface area (TPSA) is 52.6 Å². The van der Waals surface area contributed by atoms with E-state index in [9.17, 15) is 9.90 Å². The molecule has 0 radical (unpaired) electrons. The highest BCUT2D eigenvalue weighted by Crippen LogP contribution is 2.36. The molecule has 0 fully saturated rings. The number of anilines is 2. The van der Waals surface area contributed by atoms with Crippen molar-refractivity contribution < 1.29 is 9.90 Å². The number of rotatable bonds is 2. The number of nitrogens with one attached hydrogen (secondary N) is 1. The van der Waals surface area contributed by atoms with Crippen LogP contribution in [0.15, 0.2) is 42.5 Å².